The van der Waals surface area contributed by atoms with Crippen LogP contribution < -0.4 is 5.73 Å². The Labute approximate surface area is 84.2 Å². The van der Waals surface area contributed by atoms with Crippen molar-refractivity contribution >= 4 is 5.84 Å². The lowest BCUT2D eigenvalue weighted by molar-refractivity contribution is 0.0704. The van der Waals surface area contributed by atoms with Gasteiger partial charge in [0, 0.05) is 13.0 Å². The van der Waals surface area contributed by atoms with Crippen molar-refractivity contribution in [2.45, 2.75) is 31.8 Å². The maximum absolute atomic E-state index is 9.40. The van der Waals surface area contributed by atoms with E-state index in [1.165, 1.54) is 0 Å². The average molecular weight is 201 g/mol. The molecule has 1 rings (SSSR count). The Morgan fingerprint density at radius 1 is 1.57 bits per heavy atom. The predicted molar refractivity (Wildman–Crippen MR) is 54.3 cm³/mol. The van der Waals surface area contributed by atoms with Gasteiger partial charge in [0.25, 0.3) is 0 Å². The summed E-state index contributed by atoms with van der Waals surface area (Å²) in [5.41, 5.74) is 5.35. The van der Waals surface area contributed by atoms with Crippen LogP contribution in [0, 0.1) is 0 Å². The minimum atomic E-state index is -0.174. The third-order valence-electron chi connectivity index (χ3n) is 2.52. The summed E-state index contributed by atoms with van der Waals surface area (Å²) in [6.45, 7) is 2.72. The minimum absolute atomic E-state index is 0.174. The summed E-state index contributed by atoms with van der Waals surface area (Å²) in [5.74, 6) is 0.280. The smallest absolute Gasteiger partial charge is 0.139 e. The molecule has 0 amide bonds. The van der Waals surface area contributed by atoms with Crippen LogP contribution in [0.3, 0.4) is 0 Å². The summed E-state index contributed by atoms with van der Waals surface area (Å²) in [5, 5.41) is 20.6. The van der Waals surface area contributed by atoms with E-state index in [4.69, 9.17) is 10.9 Å². The fourth-order valence-electron chi connectivity index (χ4n) is 1.77. The highest BCUT2D eigenvalue weighted by Crippen LogP contribution is 2.10. The van der Waals surface area contributed by atoms with Gasteiger partial charge in [-0.15, -0.1) is 0 Å². The van der Waals surface area contributed by atoms with Crippen LogP contribution in [0.4, 0.5) is 0 Å². The quantitative estimate of drug-likeness (QED) is 0.258. The molecule has 5 heteroatoms. The average Bonchev–Trinajstić information content (AvgIpc) is 2.17. The summed E-state index contributed by atoms with van der Waals surface area (Å²) >= 11 is 0. The van der Waals surface area contributed by atoms with E-state index in [1.807, 2.05) is 0 Å². The Bertz CT molecular complexity index is 196. The second-order valence-electron chi connectivity index (χ2n) is 3.79. The van der Waals surface area contributed by atoms with Crippen LogP contribution in [-0.4, -0.2) is 46.8 Å². The highest BCUT2D eigenvalue weighted by atomic mass is 16.4. The van der Waals surface area contributed by atoms with E-state index in [1.54, 1.807) is 0 Å². The van der Waals surface area contributed by atoms with Crippen molar-refractivity contribution in [2.75, 3.05) is 19.6 Å². The highest BCUT2D eigenvalue weighted by molar-refractivity contribution is 5.79. The van der Waals surface area contributed by atoms with E-state index in [0.717, 1.165) is 38.9 Å². The molecule has 0 saturated carbocycles. The lowest BCUT2D eigenvalue weighted by Gasteiger charge is -2.29. The number of β-amino-alcohol motifs (C(OH)–C–C–N with tert-alkyl or cyclic N) is 1. The fourth-order valence-corrected chi connectivity index (χ4v) is 1.77. The van der Waals surface area contributed by atoms with Gasteiger partial charge in [0.1, 0.15) is 5.84 Å². The molecule has 1 unspecified atom stereocenters. The molecule has 4 N–H and O–H groups in total. The largest absolute Gasteiger partial charge is 0.409 e. The van der Waals surface area contributed by atoms with Crippen LogP contribution in [0.15, 0.2) is 5.16 Å². The number of aliphatic hydroxyl groups is 1. The van der Waals surface area contributed by atoms with Gasteiger partial charge in [-0.1, -0.05) is 5.16 Å². The Kier molecular flexibility index (Phi) is 4.69. The van der Waals surface area contributed by atoms with E-state index in [-0.39, 0.29) is 11.9 Å². The number of piperidine rings is 1. The number of aliphatic hydroxyl groups excluding tert-OH is 1. The molecule has 0 aromatic rings. The molecule has 1 aliphatic heterocycles. The topological polar surface area (TPSA) is 82.1 Å². The van der Waals surface area contributed by atoms with E-state index < -0.39 is 0 Å². The third kappa shape index (κ3) is 3.93. The van der Waals surface area contributed by atoms with Crippen molar-refractivity contribution in [3.8, 4) is 0 Å². The molecule has 5 nitrogen and oxygen atoms in total. The first-order valence-electron chi connectivity index (χ1n) is 5.09. The molecule has 1 atom stereocenters. The first-order valence-corrected chi connectivity index (χ1v) is 5.09. The van der Waals surface area contributed by atoms with Crippen molar-refractivity contribution in [3.05, 3.63) is 0 Å². The molecule has 0 aliphatic carbocycles. The number of nitrogens with two attached hydrogens (primary N) is 1. The van der Waals surface area contributed by atoms with Gasteiger partial charge in [-0.05, 0) is 32.4 Å². The Hall–Kier alpha value is -0.810. The van der Waals surface area contributed by atoms with E-state index in [2.05, 4.69) is 10.1 Å². The van der Waals surface area contributed by atoms with Gasteiger partial charge in [0.2, 0.25) is 0 Å². The van der Waals surface area contributed by atoms with Gasteiger partial charge in [0.05, 0.1) is 6.10 Å². The molecule has 0 aromatic heterocycles. The Balaban J connectivity index is 2.11. The molecule has 0 radical (unpaired) electrons. The van der Waals surface area contributed by atoms with E-state index >= 15 is 0 Å². The predicted octanol–water partition coefficient (Wildman–Crippen LogP) is -0.0303. The van der Waals surface area contributed by atoms with Crippen LogP contribution in [0.2, 0.25) is 0 Å². The van der Waals surface area contributed by atoms with Gasteiger partial charge in [0.15, 0.2) is 0 Å². The molecule has 1 saturated heterocycles. The van der Waals surface area contributed by atoms with Gasteiger partial charge in [-0.25, -0.2) is 0 Å². The Morgan fingerprint density at radius 3 is 3.00 bits per heavy atom. The molecule has 0 aromatic carbocycles. The fraction of sp³-hybridized carbons (Fsp3) is 0.889. The zero-order valence-corrected chi connectivity index (χ0v) is 8.39. The van der Waals surface area contributed by atoms with Gasteiger partial charge >= 0.3 is 0 Å². The second kappa shape index (κ2) is 5.82. The molecular weight excluding hydrogens is 182 g/mol. The minimum Gasteiger partial charge on any atom is -0.409 e. The van der Waals surface area contributed by atoms with Gasteiger partial charge < -0.3 is 20.9 Å². The van der Waals surface area contributed by atoms with Crippen molar-refractivity contribution in [2.24, 2.45) is 10.9 Å². The maximum Gasteiger partial charge on any atom is 0.139 e. The molecule has 0 bridgehead atoms. The first-order chi connectivity index (χ1) is 6.72. The van der Waals surface area contributed by atoms with Crippen molar-refractivity contribution in [1.29, 1.82) is 0 Å². The summed E-state index contributed by atoms with van der Waals surface area (Å²) in [6, 6.07) is 0. The monoisotopic (exact) mass is 201 g/mol. The highest BCUT2D eigenvalue weighted by Gasteiger charge is 2.16. The molecule has 14 heavy (non-hydrogen) atoms. The van der Waals surface area contributed by atoms with Gasteiger partial charge in [-0.2, -0.15) is 0 Å². The number of likely N-dealkylation sites (tertiary alicyclic amines) is 1. The van der Waals surface area contributed by atoms with E-state index in [0.29, 0.717) is 6.42 Å². The van der Waals surface area contributed by atoms with Crippen LogP contribution in [0.25, 0.3) is 0 Å². The van der Waals surface area contributed by atoms with Crippen LogP contribution in [0.1, 0.15) is 25.7 Å². The van der Waals surface area contributed by atoms with Crippen LogP contribution >= 0.6 is 0 Å². The number of nitrogens with zero attached hydrogens (tertiary/aromatic N) is 2. The number of rotatable bonds is 4. The molecule has 1 fully saturated rings. The summed E-state index contributed by atoms with van der Waals surface area (Å²) in [7, 11) is 0. The van der Waals surface area contributed by atoms with Crippen LogP contribution in [0.5, 0.6) is 0 Å². The molecular formula is C9H19N3O2. The number of hydrogen-bond donors (Lipinski definition) is 3. The zero-order chi connectivity index (χ0) is 10.4. The first kappa shape index (κ1) is 11.3. The lowest BCUT2D eigenvalue weighted by atomic mass is 10.1. The third-order valence-corrected chi connectivity index (χ3v) is 2.52. The number of hydrogen-bond acceptors (Lipinski definition) is 4. The normalized spacial score (nSPS) is 25.2. The summed E-state index contributed by atoms with van der Waals surface area (Å²) in [6.07, 6.45) is 3.29. The van der Waals surface area contributed by atoms with E-state index in [9.17, 15) is 5.11 Å². The molecule has 1 aliphatic rings. The second-order valence-corrected chi connectivity index (χ2v) is 3.79. The maximum atomic E-state index is 9.40. The number of oxime groups is 1. The SMILES string of the molecule is N/C(CCCN1CCCC(O)C1)=N\O. The molecule has 0 spiro atoms. The van der Waals surface area contributed by atoms with Crippen molar-refractivity contribution < 1.29 is 10.3 Å². The zero-order valence-electron chi connectivity index (χ0n) is 8.39. The molecule has 1 heterocycles. The standard InChI is InChI=1S/C9H19N3O2/c10-9(11-14)4-2-6-12-5-1-3-8(13)7-12/h8,13-14H,1-7H2,(H2,10,11). The number of amidine groups is 1. The lowest BCUT2D eigenvalue weighted by Crippen LogP contribution is -2.38. The molecule has 82 valence electrons. The van der Waals surface area contributed by atoms with Crippen molar-refractivity contribution in [3.63, 3.8) is 0 Å². The van der Waals surface area contributed by atoms with Crippen LogP contribution in [-0.2, 0) is 0 Å². The van der Waals surface area contributed by atoms with Crippen molar-refractivity contribution in [1.82, 2.24) is 4.90 Å². The summed E-state index contributed by atoms with van der Waals surface area (Å²) < 4.78 is 0. The summed E-state index contributed by atoms with van der Waals surface area (Å²) in [4.78, 5) is 2.22. The Morgan fingerprint density at radius 2 is 2.36 bits per heavy atom. The van der Waals surface area contributed by atoms with Gasteiger partial charge in [-0.3, -0.25) is 0 Å².